The highest BCUT2D eigenvalue weighted by Crippen LogP contribution is 2.36. The number of nitrogens with zero attached hydrogens (tertiary/aromatic N) is 2. The first kappa shape index (κ1) is 16.7. The third-order valence-electron chi connectivity index (χ3n) is 5.24. The Morgan fingerprint density at radius 2 is 2.17 bits per heavy atom. The van der Waals surface area contributed by atoms with Crippen molar-refractivity contribution < 1.29 is 9.53 Å². The first-order valence-electron chi connectivity index (χ1n) is 8.36. The van der Waals surface area contributed by atoms with E-state index in [9.17, 15) is 4.79 Å². The number of hydrogen-bond acceptors (Lipinski definition) is 4. The van der Waals surface area contributed by atoms with Crippen LogP contribution in [-0.4, -0.2) is 53.6 Å². The molecule has 2 aliphatic rings. The number of likely N-dealkylation sites (tertiary alicyclic amines) is 1. The first-order chi connectivity index (χ1) is 11.0. The molecule has 126 valence electrons. The smallest absolute Gasteiger partial charge is 0.249 e. The van der Waals surface area contributed by atoms with Crippen LogP contribution in [0.5, 0.6) is 0 Å². The summed E-state index contributed by atoms with van der Waals surface area (Å²) >= 11 is 1.88. The van der Waals surface area contributed by atoms with E-state index in [1.165, 1.54) is 9.75 Å². The van der Waals surface area contributed by atoms with Gasteiger partial charge in [0.1, 0.15) is 6.61 Å². The molecule has 0 N–H and O–H groups in total. The van der Waals surface area contributed by atoms with Crippen molar-refractivity contribution in [2.45, 2.75) is 44.9 Å². The lowest BCUT2D eigenvalue weighted by molar-refractivity contribution is -0.185. The Morgan fingerprint density at radius 1 is 1.43 bits per heavy atom. The molecular formula is C18H26N2O2S. The molecular weight excluding hydrogens is 308 g/mol. The first-order valence-corrected chi connectivity index (χ1v) is 9.18. The monoisotopic (exact) mass is 334 g/mol. The fraction of sp³-hybridized carbons (Fsp3) is 0.611. The highest BCUT2D eigenvalue weighted by Gasteiger charge is 2.47. The summed E-state index contributed by atoms with van der Waals surface area (Å²) in [5.74, 6) is 0.0829. The quantitative estimate of drug-likeness (QED) is 0.794. The van der Waals surface area contributed by atoms with Crippen molar-refractivity contribution in [2.75, 3.05) is 26.2 Å². The van der Waals surface area contributed by atoms with Crippen molar-refractivity contribution in [1.82, 2.24) is 9.80 Å². The minimum Gasteiger partial charge on any atom is -0.363 e. The van der Waals surface area contributed by atoms with Gasteiger partial charge in [0.25, 0.3) is 0 Å². The number of hydrogen-bond donors (Lipinski definition) is 0. The Labute approximate surface area is 142 Å². The Balaban J connectivity index is 1.62. The normalized spacial score (nSPS) is 25.0. The van der Waals surface area contributed by atoms with Gasteiger partial charge in [0.15, 0.2) is 0 Å². The fourth-order valence-electron chi connectivity index (χ4n) is 3.75. The second-order valence-electron chi connectivity index (χ2n) is 6.65. The average molecular weight is 334 g/mol. The van der Waals surface area contributed by atoms with Gasteiger partial charge in [-0.3, -0.25) is 9.69 Å². The van der Waals surface area contributed by atoms with E-state index in [1.54, 1.807) is 0 Å². The van der Waals surface area contributed by atoms with Crippen LogP contribution in [0, 0.1) is 6.92 Å². The van der Waals surface area contributed by atoms with Gasteiger partial charge in [-0.25, -0.2) is 0 Å². The zero-order valence-corrected chi connectivity index (χ0v) is 14.9. The average Bonchev–Trinajstić information content (AvgIpc) is 2.95. The molecule has 1 unspecified atom stereocenters. The second kappa shape index (κ2) is 6.75. The molecule has 2 fully saturated rings. The largest absolute Gasteiger partial charge is 0.363 e. The molecule has 0 aromatic carbocycles. The van der Waals surface area contributed by atoms with Crippen LogP contribution in [0.4, 0.5) is 0 Å². The highest BCUT2D eigenvalue weighted by atomic mass is 32.1. The summed E-state index contributed by atoms with van der Waals surface area (Å²) in [7, 11) is 0. The summed E-state index contributed by atoms with van der Waals surface area (Å²) in [5, 5.41) is 0. The van der Waals surface area contributed by atoms with Gasteiger partial charge in [0.2, 0.25) is 5.91 Å². The van der Waals surface area contributed by atoms with E-state index >= 15 is 0 Å². The number of thiophene rings is 1. The van der Waals surface area contributed by atoms with Gasteiger partial charge >= 0.3 is 0 Å². The number of morpholine rings is 1. The number of aryl methyl sites for hydroxylation is 1. The van der Waals surface area contributed by atoms with Gasteiger partial charge in [-0.05, 0) is 38.8 Å². The topological polar surface area (TPSA) is 32.8 Å². The molecule has 3 heterocycles. The van der Waals surface area contributed by atoms with Crippen LogP contribution in [0.15, 0.2) is 24.8 Å². The molecule has 1 spiro atoms. The summed E-state index contributed by atoms with van der Waals surface area (Å²) in [6, 6.07) is 4.54. The van der Waals surface area contributed by atoms with Gasteiger partial charge in [-0.1, -0.05) is 6.08 Å². The summed E-state index contributed by atoms with van der Waals surface area (Å²) < 4.78 is 6.06. The third kappa shape index (κ3) is 3.37. The number of carbonyl (C=O) groups excluding carboxylic acids is 1. The van der Waals surface area contributed by atoms with Gasteiger partial charge in [0.05, 0.1) is 11.6 Å². The predicted octanol–water partition coefficient (Wildman–Crippen LogP) is 2.82. The lowest BCUT2D eigenvalue weighted by Crippen LogP contribution is -2.63. The number of carbonyl (C=O) groups is 1. The Bertz CT molecular complexity index is 575. The molecule has 0 bridgehead atoms. The molecule has 0 saturated carbocycles. The van der Waals surface area contributed by atoms with Gasteiger partial charge in [-0.2, -0.15) is 0 Å². The van der Waals surface area contributed by atoms with Crippen molar-refractivity contribution in [3.63, 3.8) is 0 Å². The molecule has 0 aliphatic carbocycles. The van der Waals surface area contributed by atoms with Crippen molar-refractivity contribution in [3.05, 3.63) is 34.5 Å². The maximum absolute atomic E-state index is 12.1. The van der Waals surface area contributed by atoms with Crippen LogP contribution < -0.4 is 0 Å². The van der Waals surface area contributed by atoms with Crippen molar-refractivity contribution in [3.8, 4) is 0 Å². The Hall–Kier alpha value is -1.17. The fourth-order valence-corrected chi connectivity index (χ4v) is 4.68. The molecule has 23 heavy (non-hydrogen) atoms. The molecule has 1 atom stereocenters. The van der Waals surface area contributed by atoms with Gasteiger partial charge in [-0.15, -0.1) is 17.9 Å². The molecule has 0 radical (unpaired) electrons. The summed E-state index contributed by atoms with van der Waals surface area (Å²) in [5.41, 5.74) is -0.182. The Kier molecular flexibility index (Phi) is 4.90. The van der Waals surface area contributed by atoms with E-state index in [4.69, 9.17) is 4.74 Å². The molecule has 3 rings (SSSR count). The van der Waals surface area contributed by atoms with E-state index in [0.29, 0.717) is 6.54 Å². The van der Waals surface area contributed by atoms with Crippen molar-refractivity contribution in [2.24, 2.45) is 0 Å². The van der Waals surface area contributed by atoms with Crippen LogP contribution in [0.3, 0.4) is 0 Å². The molecule has 1 aromatic rings. The van der Waals surface area contributed by atoms with Crippen LogP contribution >= 0.6 is 11.3 Å². The standard InChI is InChI=1S/C18H26N2O2S/c1-4-9-20-15(3)18(22-13-17(20)21)7-10-19(11-8-18)12-16-6-5-14(2)23-16/h4-6,15H,1,7-13H2,2-3H3. The zero-order chi connectivity index (χ0) is 16.4. The van der Waals surface area contributed by atoms with E-state index in [-0.39, 0.29) is 24.2 Å². The van der Waals surface area contributed by atoms with Gasteiger partial charge in [0, 0.05) is 35.9 Å². The summed E-state index contributed by atoms with van der Waals surface area (Å²) in [4.78, 5) is 19.3. The summed E-state index contributed by atoms with van der Waals surface area (Å²) in [6.45, 7) is 12.0. The minimum atomic E-state index is -0.182. The molecule has 1 aromatic heterocycles. The number of ether oxygens (including phenoxy) is 1. The number of piperidine rings is 1. The highest BCUT2D eigenvalue weighted by molar-refractivity contribution is 7.11. The SMILES string of the molecule is C=CCN1C(=O)COC2(CCN(Cc3ccc(C)s3)CC2)C1C. The van der Waals surface area contributed by atoms with Gasteiger partial charge < -0.3 is 9.64 Å². The maximum Gasteiger partial charge on any atom is 0.249 e. The molecule has 5 heteroatoms. The van der Waals surface area contributed by atoms with Crippen LogP contribution in [0.2, 0.25) is 0 Å². The number of rotatable bonds is 4. The van der Waals surface area contributed by atoms with E-state index in [0.717, 1.165) is 32.5 Å². The number of amides is 1. The van der Waals surface area contributed by atoms with Crippen LogP contribution in [0.1, 0.15) is 29.5 Å². The van der Waals surface area contributed by atoms with E-state index < -0.39 is 0 Å². The third-order valence-corrected chi connectivity index (χ3v) is 6.22. The zero-order valence-electron chi connectivity index (χ0n) is 14.1. The minimum absolute atomic E-state index is 0.0829. The van der Waals surface area contributed by atoms with Crippen molar-refractivity contribution in [1.29, 1.82) is 0 Å². The van der Waals surface area contributed by atoms with Crippen molar-refractivity contribution >= 4 is 17.2 Å². The molecule has 4 nitrogen and oxygen atoms in total. The van der Waals surface area contributed by atoms with Crippen LogP contribution in [-0.2, 0) is 16.1 Å². The maximum atomic E-state index is 12.1. The second-order valence-corrected chi connectivity index (χ2v) is 8.03. The van der Waals surface area contributed by atoms with E-state index in [1.807, 2.05) is 22.3 Å². The lowest BCUT2D eigenvalue weighted by Gasteiger charge is -2.51. The molecule has 2 saturated heterocycles. The Morgan fingerprint density at radius 3 is 2.78 bits per heavy atom. The molecule has 1 amide bonds. The summed E-state index contributed by atoms with van der Waals surface area (Å²) in [6.07, 6.45) is 3.78. The lowest BCUT2D eigenvalue weighted by atomic mass is 9.82. The van der Waals surface area contributed by atoms with Crippen LogP contribution in [0.25, 0.3) is 0 Å². The predicted molar refractivity (Wildman–Crippen MR) is 93.6 cm³/mol. The molecule has 2 aliphatic heterocycles. The van der Waals surface area contributed by atoms with E-state index in [2.05, 4.69) is 37.5 Å².